The van der Waals surface area contributed by atoms with E-state index in [1.54, 1.807) is 11.7 Å². The van der Waals surface area contributed by atoms with Crippen LogP contribution in [0.4, 0.5) is 0 Å². The third-order valence-electron chi connectivity index (χ3n) is 3.79. The summed E-state index contributed by atoms with van der Waals surface area (Å²) < 4.78 is 2.67. The van der Waals surface area contributed by atoms with Crippen LogP contribution in [0.3, 0.4) is 0 Å². The molecule has 0 spiro atoms. The maximum absolute atomic E-state index is 2.71. The standard InChI is InChI=1S/C10H22Ge2/c1-5-7-8-9-10(11-3)12(9,4)6-2/h9-10H,5-8H2,1-4H3. The van der Waals surface area contributed by atoms with Crippen molar-refractivity contribution in [3.63, 3.8) is 0 Å². The second-order valence-electron chi connectivity index (χ2n) is 4.37. The molecule has 1 rings (SSSR count). The Balaban J connectivity index is 2.36. The van der Waals surface area contributed by atoms with E-state index in [9.17, 15) is 0 Å². The molecule has 1 fully saturated rings. The number of rotatable bonds is 5. The van der Waals surface area contributed by atoms with Crippen LogP contribution in [0.15, 0.2) is 0 Å². The van der Waals surface area contributed by atoms with E-state index in [1.165, 1.54) is 21.2 Å². The summed E-state index contributed by atoms with van der Waals surface area (Å²) in [6, 6.07) is 0. The van der Waals surface area contributed by atoms with Gasteiger partial charge in [-0.3, -0.25) is 0 Å². The molecule has 0 aromatic carbocycles. The molecule has 0 saturated carbocycles. The van der Waals surface area contributed by atoms with Crippen molar-refractivity contribution in [3.05, 3.63) is 0 Å². The molecule has 3 atom stereocenters. The molecule has 0 bridgehead atoms. The van der Waals surface area contributed by atoms with E-state index in [0.29, 0.717) is 15.4 Å². The van der Waals surface area contributed by atoms with Gasteiger partial charge in [0, 0.05) is 0 Å². The van der Waals surface area contributed by atoms with Crippen molar-refractivity contribution >= 4 is 28.7 Å². The zero-order chi connectivity index (χ0) is 9.19. The molecule has 0 aliphatic carbocycles. The molecule has 2 radical (unpaired) electrons. The van der Waals surface area contributed by atoms with Gasteiger partial charge in [0.05, 0.1) is 0 Å². The van der Waals surface area contributed by atoms with Crippen LogP contribution in [0.1, 0.15) is 33.1 Å². The van der Waals surface area contributed by atoms with Crippen LogP contribution in [-0.4, -0.2) is 28.7 Å². The average molecular weight is 288 g/mol. The van der Waals surface area contributed by atoms with E-state index < -0.39 is 13.3 Å². The van der Waals surface area contributed by atoms with E-state index in [1.807, 2.05) is 0 Å². The van der Waals surface area contributed by atoms with E-state index in [0.717, 1.165) is 0 Å². The molecular weight excluding hydrogens is 265 g/mol. The van der Waals surface area contributed by atoms with Gasteiger partial charge in [0.15, 0.2) is 0 Å². The molecule has 1 aliphatic rings. The minimum absolute atomic E-state index is 0.466. The van der Waals surface area contributed by atoms with Gasteiger partial charge in [-0.25, -0.2) is 0 Å². The fraction of sp³-hybridized carbons (Fsp3) is 1.00. The quantitative estimate of drug-likeness (QED) is 0.676. The second-order valence-corrected chi connectivity index (χ2v) is 20.1. The van der Waals surface area contributed by atoms with Gasteiger partial charge in [-0.15, -0.1) is 0 Å². The Hall–Kier alpha value is 1.09. The molecule has 0 aromatic rings. The van der Waals surface area contributed by atoms with E-state index in [-0.39, 0.29) is 0 Å². The van der Waals surface area contributed by atoms with E-state index in [2.05, 4.69) is 25.4 Å². The second kappa shape index (κ2) is 4.54. The molecule has 70 valence electrons. The predicted molar refractivity (Wildman–Crippen MR) is 60.7 cm³/mol. The molecule has 3 unspecified atom stereocenters. The van der Waals surface area contributed by atoms with Crippen molar-refractivity contribution < 1.29 is 0 Å². The van der Waals surface area contributed by atoms with Gasteiger partial charge in [0.25, 0.3) is 0 Å². The summed E-state index contributed by atoms with van der Waals surface area (Å²) in [7, 11) is 0. The first-order chi connectivity index (χ1) is 5.70. The van der Waals surface area contributed by atoms with Crippen molar-refractivity contribution in [3.8, 4) is 0 Å². The van der Waals surface area contributed by atoms with Crippen molar-refractivity contribution in [2.24, 2.45) is 0 Å². The number of unbranched alkanes of at least 4 members (excludes halogenated alkanes) is 1. The van der Waals surface area contributed by atoms with E-state index >= 15 is 0 Å². The third kappa shape index (κ3) is 1.94. The summed E-state index contributed by atoms with van der Waals surface area (Å²) >= 11 is -0.647. The topological polar surface area (TPSA) is 0 Å². The predicted octanol–water partition coefficient (Wildman–Crippen LogP) is 3.74. The molecular formula is C10H22Ge2. The van der Waals surface area contributed by atoms with Gasteiger partial charge in [0.2, 0.25) is 0 Å². The summed E-state index contributed by atoms with van der Waals surface area (Å²) in [6.45, 7) is 4.79. The average Bonchev–Trinajstić information content (AvgIpc) is 2.68. The van der Waals surface area contributed by atoms with Crippen molar-refractivity contribution in [1.82, 2.24) is 0 Å². The Morgan fingerprint density at radius 1 is 1.33 bits per heavy atom. The van der Waals surface area contributed by atoms with Gasteiger partial charge in [-0.1, -0.05) is 0 Å². The van der Waals surface area contributed by atoms with Crippen molar-refractivity contribution in [1.29, 1.82) is 0 Å². The maximum atomic E-state index is 2.71. The van der Waals surface area contributed by atoms with Crippen LogP contribution in [0, 0.1) is 0 Å². The minimum atomic E-state index is -1.11. The summed E-state index contributed by atoms with van der Waals surface area (Å²) in [5.41, 5.74) is 0. The molecule has 1 heterocycles. The van der Waals surface area contributed by atoms with Gasteiger partial charge in [-0.2, -0.15) is 0 Å². The molecule has 1 aliphatic heterocycles. The van der Waals surface area contributed by atoms with Crippen LogP contribution in [0.25, 0.3) is 0 Å². The normalized spacial score (nSPS) is 40.0. The molecule has 1 saturated heterocycles. The van der Waals surface area contributed by atoms with Crippen molar-refractivity contribution in [2.45, 2.75) is 58.2 Å². The number of hydrogen-bond acceptors (Lipinski definition) is 0. The van der Waals surface area contributed by atoms with Gasteiger partial charge >= 0.3 is 86.9 Å². The molecule has 12 heavy (non-hydrogen) atoms. The fourth-order valence-electron chi connectivity index (χ4n) is 2.59. The Kier molecular flexibility index (Phi) is 4.22. The van der Waals surface area contributed by atoms with Crippen molar-refractivity contribution in [2.75, 3.05) is 0 Å². The van der Waals surface area contributed by atoms with Crippen LogP contribution in [0.2, 0.25) is 25.1 Å². The Bertz CT molecular complexity index is 147. The fourth-order valence-corrected chi connectivity index (χ4v) is 31.9. The summed E-state index contributed by atoms with van der Waals surface area (Å²) in [4.78, 5) is 0. The van der Waals surface area contributed by atoms with Crippen LogP contribution < -0.4 is 0 Å². The van der Waals surface area contributed by atoms with Crippen LogP contribution in [-0.2, 0) is 0 Å². The third-order valence-corrected chi connectivity index (χ3v) is 28.8. The zero-order valence-corrected chi connectivity index (χ0v) is 13.2. The monoisotopic (exact) mass is 290 g/mol. The Morgan fingerprint density at radius 2 is 2.00 bits per heavy atom. The summed E-state index contributed by atoms with van der Waals surface area (Å²) in [6.07, 6.45) is 4.52. The first kappa shape index (κ1) is 11.2. The van der Waals surface area contributed by atoms with Gasteiger partial charge < -0.3 is 0 Å². The Labute approximate surface area is 86.7 Å². The molecule has 2 heteroatoms. The van der Waals surface area contributed by atoms with E-state index in [4.69, 9.17) is 0 Å². The molecule has 0 nitrogen and oxygen atoms in total. The zero-order valence-electron chi connectivity index (χ0n) is 8.98. The van der Waals surface area contributed by atoms with Gasteiger partial charge in [0.1, 0.15) is 0 Å². The summed E-state index contributed by atoms with van der Waals surface area (Å²) in [5.74, 6) is 5.23. The van der Waals surface area contributed by atoms with Gasteiger partial charge in [-0.05, 0) is 0 Å². The summed E-state index contributed by atoms with van der Waals surface area (Å²) in [5, 5.41) is 1.61. The van der Waals surface area contributed by atoms with Crippen LogP contribution in [0.5, 0.6) is 0 Å². The molecule has 0 N–H and O–H groups in total. The first-order valence-corrected chi connectivity index (χ1v) is 14.7. The molecule has 0 aromatic heterocycles. The first-order valence-electron chi connectivity index (χ1n) is 5.38. The van der Waals surface area contributed by atoms with Crippen LogP contribution >= 0.6 is 0 Å². The SMILES string of the molecule is CCCC[CH]1[CH]([Ge][CH3])[Ge]1([CH3])[CH2]C. The number of hydrogen-bond donors (Lipinski definition) is 0. The Morgan fingerprint density at radius 3 is 2.33 bits per heavy atom. The molecule has 0 amide bonds.